The fourth-order valence-electron chi connectivity index (χ4n) is 6.27. The normalized spacial score (nSPS) is 11.8. The summed E-state index contributed by atoms with van der Waals surface area (Å²) >= 11 is 0. The van der Waals surface area contributed by atoms with Crippen molar-refractivity contribution in [3.8, 4) is 0 Å². The molecule has 0 aliphatic heterocycles. The number of aromatic nitrogens is 18. The Kier molecular flexibility index (Phi) is 17.6. The lowest BCUT2D eigenvalue weighted by atomic mass is 9.90. The minimum atomic E-state index is -1.26. The number of hydrogen-bond donors (Lipinski definition) is 12. The van der Waals surface area contributed by atoms with Crippen LogP contribution in [0, 0.1) is 10.8 Å². The average Bonchev–Trinajstić information content (AvgIpc) is 3.24. The van der Waals surface area contributed by atoms with E-state index in [4.69, 9.17) is 102 Å². The molecule has 6 aromatic heterocycles. The minimum absolute atomic E-state index is 0.120. The van der Waals surface area contributed by atoms with E-state index in [1.807, 2.05) is 0 Å². The van der Waals surface area contributed by atoms with Crippen LogP contribution in [0.4, 0.5) is 71.4 Å². The van der Waals surface area contributed by atoms with Crippen LogP contribution in [0.1, 0.15) is 34.9 Å². The number of ether oxygens (including phenoxy) is 7. The fourth-order valence-corrected chi connectivity index (χ4v) is 6.27. The Morgan fingerprint density at radius 3 is 0.465 bits per heavy atom. The molecule has 37 heteroatoms. The van der Waals surface area contributed by atoms with Gasteiger partial charge in [-0.1, -0.05) is 0 Å². The van der Waals surface area contributed by atoms with Crippen LogP contribution >= 0.6 is 0 Å². The Morgan fingerprint density at radius 1 is 0.197 bits per heavy atom. The third kappa shape index (κ3) is 16.8. The van der Waals surface area contributed by atoms with Gasteiger partial charge in [0, 0.05) is 0 Å². The van der Waals surface area contributed by atoms with Crippen molar-refractivity contribution in [1.82, 2.24) is 89.7 Å². The highest BCUT2D eigenvalue weighted by Gasteiger charge is 2.38. The van der Waals surface area contributed by atoms with Gasteiger partial charge in [-0.2, -0.15) is 89.7 Å². The molecule has 6 aromatic rings. The molecule has 0 fully saturated rings. The van der Waals surface area contributed by atoms with E-state index >= 15 is 0 Å². The largest absolute Gasteiger partial charge is 0.380 e. The first-order valence-electron chi connectivity index (χ1n) is 20.5. The van der Waals surface area contributed by atoms with E-state index in [1.54, 1.807) is 0 Å². The molecule has 0 unspecified atom stereocenters. The summed E-state index contributed by atoms with van der Waals surface area (Å²) in [6, 6.07) is 0. The van der Waals surface area contributed by atoms with Gasteiger partial charge in [0.25, 0.3) is 0 Å². The van der Waals surface area contributed by atoms with Crippen molar-refractivity contribution in [1.29, 1.82) is 0 Å². The highest BCUT2D eigenvalue weighted by atomic mass is 16.5. The first kappa shape index (κ1) is 51.8. The lowest BCUT2D eigenvalue weighted by molar-refractivity contribution is -0.150. The second-order valence-corrected chi connectivity index (χ2v) is 15.3. The summed E-state index contributed by atoms with van der Waals surface area (Å²) in [5.74, 6) is -0.787. The summed E-state index contributed by atoms with van der Waals surface area (Å²) in [5, 5.41) is 0. The molecule has 0 amide bonds. The quantitative estimate of drug-likeness (QED) is 0.0218. The molecular formula is C34H52N30O7. The minimum Gasteiger partial charge on any atom is -0.380 e. The zero-order valence-electron chi connectivity index (χ0n) is 37.7. The van der Waals surface area contributed by atoms with E-state index in [0.717, 1.165) is 0 Å². The van der Waals surface area contributed by atoms with Gasteiger partial charge < -0.3 is 102 Å². The van der Waals surface area contributed by atoms with Crippen LogP contribution in [-0.2, 0) is 72.8 Å². The second kappa shape index (κ2) is 24.1. The molecule has 380 valence electrons. The van der Waals surface area contributed by atoms with Crippen molar-refractivity contribution in [3.63, 3.8) is 0 Å². The van der Waals surface area contributed by atoms with E-state index < -0.39 is 10.8 Å². The van der Waals surface area contributed by atoms with Crippen LogP contribution in [-0.4, -0.2) is 143 Å². The number of nitrogens with two attached hydrogens (primary N) is 12. The first-order valence-corrected chi connectivity index (χ1v) is 20.5. The maximum Gasteiger partial charge on any atom is 0.225 e. The molecule has 0 aliphatic rings. The van der Waals surface area contributed by atoms with Crippen LogP contribution in [0.5, 0.6) is 0 Å². The van der Waals surface area contributed by atoms with E-state index in [9.17, 15) is 0 Å². The van der Waals surface area contributed by atoms with Crippen LogP contribution in [0.25, 0.3) is 0 Å². The van der Waals surface area contributed by atoms with Crippen LogP contribution in [0.3, 0.4) is 0 Å². The van der Waals surface area contributed by atoms with Crippen molar-refractivity contribution in [2.75, 3.05) is 122 Å². The number of nitrogen functional groups attached to an aromatic ring is 12. The van der Waals surface area contributed by atoms with Gasteiger partial charge in [-0.15, -0.1) is 0 Å². The molecule has 0 aromatic carbocycles. The molecule has 0 saturated carbocycles. The van der Waals surface area contributed by atoms with Gasteiger partial charge in [0.05, 0.1) is 63.7 Å². The predicted octanol–water partition coefficient (Wildman–Crippen LogP) is -5.63. The Hall–Kier alpha value is -8.62. The number of hydrogen-bond acceptors (Lipinski definition) is 37. The van der Waals surface area contributed by atoms with Crippen molar-refractivity contribution in [3.05, 3.63) is 34.9 Å². The van der Waals surface area contributed by atoms with Crippen molar-refractivity contribution < 1.29 is 33.2 Å². The lowest BCUT2D eigenvalue weighted by Gasteiger charge is -2.36. The topological polar surface area (TPSA) is 609 Å². The van der Waals surface area contributed by atoms with Crippen LogP contribution in [0.2, 0.25) is 0 Å². The Balaban J connectivity index is 1.32. The molecule has 6 rings (SSSR count). The lowest BCUT2D eigenvalue weighted by Crippen LogP contribution is -2.46. The Labute approximate surface area is 400 Å². The third-order valence-electron chi connectivity index (χ3n) is 8.95. The maximum absolute atomic E-state index is 6.64. The summed E-state index contributed by atoms with van der Waals surface area (Å²) in [4.78, 5) is 72.2. The summed E-state index contributed by atoms with van der Waals surface area (Å²) in [6.45, 7) is -2.70. The molecule has 0 spiro atoms. The van der Waals surface area contributed by atoms with Crippen molar-refractivity contribution >= 4 is 71.4 Å². The van der Waals surface area contributed by atoms with E-state index in [1.165, 1.54) is 0 Å². The number of rotatable bonds is 28. The first-order chi connectivity index (χ1) is 33.9. The molecule has 37 nitrogen and oxygen atoms in total. The standard InChI is InChI=1S/C34H52N30O7/c35-21-47-15(48-22(36)59-21)1-65-7-33(8-66-2-16-49-23(37)60-24(38)50-16,9-67-3-17-51-25(39)61-26(40)52-17)13-71-14-34(10-68-4-18-53-27(41)62-28(42)54-18,11-69-5-19-55-29(43)63-30(44)56-19)12-70-6-20-57-31(45)64-32(46)58-20/h1-14H2,(H4,35,36,47,48,59)(H4,37,38,49,50,60)(H4,39,40,51,52,61)(H4,41,42,53,54,62)(H4,43,44,55,56,63)(H4,45,46,57,58,64). The fraction of sp³-hybridized carbons (Fsp3) is 0.471. The third-order valence-corrected chi connectivity index (χ3v) is 8.95. The van der Waals surface area contributed by atoms with Gasteiger partial charge >= 0.3 is 0 Å². The summed E-state index contributed by atoms with van der Waals surface area (Å²) in [7, 11) is 0. The molecule has 0 bridgehead atoms. The van der Waals surface area contributed by atoms with Crippen molar-refractivity contribution in [2.24, 2.45) is 10.8 Å². The zero-order valence-corrected chi connectivity index (χ0v) is 37.7. The molecule has 6 heterocycles. The van der Waals surface area contributed by atoms with E-state index in [0.29, 0.717) is 0 Å². The molecule has 0 atom stereocenters. The predicted molar refractivity (Wildman–Crippen MR) is 246 cm³/mol. The maximum atomic E-state index is 6.64. The van der Waals surface area contributed by atoms with E-state index in [-0.39, 0.29) is 199 Å². The van der Waals surface area contributed by atoms with Gasteiger partial charge in [-0.25, -0.2) is 0 Å². The molecule has 24 N–H and O–H groups in total. The second-order valence-electron chi connectivity index (χ2n) is 15.3. The van der Waals surface area contributed by atoms with Crippen LogP contribution in [0.15, 0.2) is 0 Å². The van der Waals surface area contributed by atoms with Gasteiger partial charge in [0.15, 0.2) is 34.9 Å². The summed E-state index contributed by atoms with van der Waals surface area (Å²) in [5.41, 5.74) is 67.5. The van der Waals surface area contributed by atoms with Gasteiger partial charge in [0.1, 0.15) is 39.6 Å². The van der Waals surface area contributed by atoms with Crippen LogP contribution < -0.4 is 68.8 Å². The zero-order chi connectivity index (χ0) is 51.0. The highest BCUT2D eigenvalue weighted by Crippen LogP contribution is 2.27. The summed E-state index contributed by atoms with van der Waals surface area (Å²) in [6.07, 6.45) is 0. The monoisotopic (exact) mass is 992 g/mol. The molecule has 0 aliphatic carbocycles. The highest BCUT2D eigenvalue weighted by molar-refractivity contribution is 5.29. The van der Waals surface area contributed by atoms with Gasteiger partial charge in [0.2, 0.25) is 71.4 Å². The summed E-state index contributed by atoms with van der Waals surface area (Å²) < 4.78 is 43.8. The molecule has 71 heavy (non-hydrogen) atoms. The van der Waals surface area contributed by atoms with Gasteiger partial charge in [-0.05, 0) is 0 Å². The number of anilines is 12. The average molecular weight is 993 g/mol. The molecule has 0 radical (unpaired) electrons. The molecule has 0 saturated heterocycles. The molecular weight excluding hydrogens is 941 g/mol. The Bertz CT molecular complexity index is 2130. The smallest absolute Gasteiger partial charge is 0.225 e. The number of nitrogens with zero attached hydrogens (tertiary/aromatic N) is 18. The van der Waals surface area contributed by atoms with E-state index in [2.05, 4.69) is 89.7 Å². The van der Waals surface area contributed by atoms with Gasteiger partial charge in [-0.3, -0.25) is 0 Å². The van der Waals surface area contributed by atoms with Crippen molar-refractivity contribution in [2.45, 2.75) is 39.6 Å². The SMILES string of the molecule is Nc1nc(N)nc(COCC(COCc2nc(N)nc(N)n2)(COCc2nc(N)nc(N)n2)COCC(COCc2nc(N)nc(N)n2)(COCc2nc(N)nc(N)n2)COCc2nc(N)nc(N)n2)n1. The Morgan fingerprint density at radius 2 is 0.324 bits per heavy atom.